The van der Waals surface area contributed by atoms with Crippen LogP contribution in [0, 0.1) is 5.92 Å². The summed E-state index contributed by atoms with van der Waals surface area (Å²) in [6.07, 6.45) is 0.986. The molecule has 0 radical (unpaired) electrons. The second-order valence-electron chi connectivity index (χ2n) is 8.92. The van der Waals surface area contributed by atoms with E-state index < -0.39 is 24.2 Å². The molecule has 3 N–H and O–H groups in total. The number of aliphatic hydroxyl groups is 2. The molecule has 2 amide bonds. The fourth-order valence-corrected chi connectivity index (χ4v) is 4.58. The number of carbonyl (C=O) groups excluding carboxylic acids is 2. The van der Waals surface area contributed by atoms with Crippen molar-refractivity contribution in [3.63, 3.8) is 0 Å². The topological polar surface area (TPSA) is 108 Å². The van der Waals surface area contributed by atoms with Crippen molar-refractivity contribution in [3.05, 3.63) is 41.5 Å². The van der Waals surface area contributed by atoms with Gasteiger partial charge in [0.25, 0.3) is 0 Å². The Morgan fingerprint density at radius 3 is 2.73 bits per heavy atom. The van der Waals surface area contributed by atoms with Gasteiger partial charge in [0.05, 0.1) is 18.6 Å². The predicted molar refractivity (Wildman–Crippen MR) is 124 cm³/mol. The van der Waals surface area contributed by atoms with Crippen molar-refractivity contribution in [2.24, 2.45) is 5.92 Å². The molecule has 0 saturated heterocycles. The molecule has 0 bridgehead atoms. The number of para-hydroxylation sites is 1. The molecule has 182 valence electrons. The van der Waals surface area contributed by atoms with E-state index in [9.17, 15) is 19.8 Å². The lowest BCUT2D eigenvalue weighted by Gasteiger charge is -2.41. The zero-order chi connectivity index (χ0) is 24.0. The number of amides is 2. The van der Waals surface area contributed by atoms with Crippen LogP contribution in [0.4, 0.5) is 0 Å². The molecule has 0 fully saturated rings. The largest absolute Gasteiger partial charge is 0.486 e. The number of carbonyl (C=O) groups is 2. The monoisotopic (exact) mass is 460 g/mol. The molecule has 0 aromatic heterocycles. The molecular formula is C25H36N2O6. The van der Waals surface area contributed by atoms with Gasteiger partial charge in [0.1, 0.15) is 18.0 Å². The van der Waals surface area contributed by atoms with Gasteiger partial charge in [-0.1, -0.05) is 32.0 Å². The Balaban J connectivity index is 1.97. The molecule has 1 aromatic carbocycles. The lowest BCUT2D eigenvalue weighted by atomic mass is 9.77. The Labute approximate surface area is 195 Å². The fraction of sp³-hybridized carbons (Fsp3) is 0.600. The summed E-state index contributed by atoms with van der Waals surface area (Å²) in [5.41, 5.74) is 1.28. The Kier molecular flexibility index (Phi) is 8.88. The summed E-state index contributed by atoms with van der Waals surface area (Å²) in [6.45, 7) is 7.31. The third-order valence-electron chi connectivity index (χ3n) is 6.03. The van der Waals surface area contributed by atoms with Gasteiger partial charge in [-0.05, 0) is 31.4 Å². The zero-order valence-corrected chi connectivity index (χ0v) is 19.7. The number of aliphatic hydroxyl groups excluding tert-OH is 2. The molecule has 0 saturated carbocycles. The Hall–Kier alpha value is -2.42. The van der Waals surface area contributed by atoms with Crippen LogP contribution in [0.25, 0.3) is 0 Å². The summed E-state index contributed by atoms with van der Waals surface area (Å²) in [4.78, 5) is 27.9. The highest BCUT2D eigenvalue weighted by Crippen LogP contribution is 2.47. The van der Waals surface area contributed by atoms with E-state index in [0.717, 1.165) is 5.56 Å². The number of hydrogen-bond acceptors (Lipinski definition) is 6. The SMILES string of the molecule is CCOCCCN(C(=O)CC(C)C)[C@@H]1C=C(C(=O)NCCO)[C@@H]2c3ccccc3O[C@@H]2[C@H]1O. The van der Waals surface area contributed by atoms with E-state index in [0.29, 0.717) is 43.9 Å². The van der Waals surface area contributed by atoms with E-state index in [1.165, 1.54) is 0 Å². The van der Waals surface area contributed by atoms with Crippen LogP contribution in [0.1, 0.15) is 45.1 Å². The number of nitrogens with one attached hydrogen (secondary N) is 1. The fourth-order valence-electron chi connectivity index (χ4n) is 4.58. The molecule has 0 unspecified atom stereocenters. The third kappa shape index (κ3) is 5.75. The number of nitrogens with zero attached hydrogens (tertiary/aromatic N) is 1. The van der Waals surface area contributed by atoms with E-state index in [-0.39, 0.29) is 30.9 Å². The van der Waals surface area contributed by atoms with Crippen molar-refractivity contribution in [2.45, 2.75) is 57.8 Å². The van der Waals surface area contributed by atoms with E-state index in [1.54, 1.807) is 11.0 Å². The van der Waals surface area contributed by atoms with Gasteiger partial charge in [-0.15, -0.1) is 0 Å². The van der Waals surface area contributed by atoms with Crippen LogP contribution in [-0.4, -0.2) is 78.1 Å². The highest BCUT2D eigenvalue weighted by Gasteiger charge is 2.50. The minimum atomic E-state index is -1.00. The summed E-state index contributed by atoms with van der Waals surface area (Å²) in [5.74, 6) is -0.0718. The van der Waals surface area contributed by atoms with E-state index in [1.807, 2.05) is 45.0 Å². The lowest BCUT2D eigenvalue weighted by Crippen LogP contribution is -2.56. The second-order valence-corrected chi connectivity index (χ2v) is 8.92. The van der Waals surface area contributed by atoms with Crippen molar-refractivity contribution >= 4 is 11.8 Å². The minimum Gasteiger partial charge on any atom is -0.486 e. The number of fused-ring (bicyclic) bond motifs is 3. The van der Waals surface area contributed by atoms with Gasteiger partial charge in [-0.3, -0.25) is 9.59 Å². The molecule has 8 heteroatoms. The van der Waals surface area contributed by atoms with E-state index >= 15 is 0 Å². The zero-order valence-electron chi connectivity index (χ0n) is 19.7. The molecule has 1 heterocycles. The van der Waals surface area contributed by atoms with Crippen LogP contribution < -0.4 is 10.1 Å². The first-order valence-corrected chi connectivity index (χ1v) is 11.8. The molecule has 2 aliphatic rings. The average molecular weight is 461 g/mol. The standard InChI is InChI=1S/C25H36N2O6/c1-4-32-13-7-11-27(21(29)14-16(2)3)19-15-18(25(31)26-10-12-28)22-17-8-5-6-9-20(17)33-24(22)23(19)30/h5-6,8-9,15-16,19,22-24,28,30H,4,7,10-14H2,1-3H3,(H,26,31)/t19-,22+,23+,24+/m1/s1. The Morgan fingerprint density at radius 1 is 1.27 bits per heavy atom. The first-order valence-electron chi connectivity index (χ1n) is 11.8. The number of hydrogen-bond donors (Lipinski definition) is 3. The van der Waals surface area contributed by atoms with E-state index in [2.05, 4.69) is 5.32 Å². The molecule has 1 aromatic rings. The van der Waals surface area contributed by atoms with Gasteiger partial charge < -0.3 is 29.9 Å². The van der Waals surface area contributed by atoms with Crippen LogP contribution in [0.15, 0.2) is 35.9 Å². The maximum Gasteiger partial charge on any atom is 0.247 e. The van der Waals surface area contributed by atoms with E-state index in [4.69, 9.17) is 9.47 Å². The van der Waals surface area contributed by atoms with Crippen molar-refractivity contribution in [1.82, 2.24) is 10.2 Å². The quantitative estimate of drug-likeness (QED) is 0.433. The molecular weight excluding hydrogens is 424 g/mol. The molecule has 8 nitrogen and oxygen atoms in total. The maximum absolute atomic E-state index is 13.2. The van der Waals surface area contributed by atoms with Crippen molar-refractivity contribution < 1.29 is 29.3 Å². The van der Waals surface area contributed by atoms with Crippen LogP contribution in [-0.2, 0) is 14.3 Å². The van der Waals surface area contributed by atoms with Crippen LogP contribution in [0.3, 0.4) is 0 Å². The third-order valence-corrected chi connectivity index (χ3v) is 6.03. The Bertz CT molecular complexity index is 855. The molecule has 1 aliphatic carbocycles. The summed E-state index contributed by atoms with van der Waals surface area (Å²) < 4.78 is 11.6. The van der Waals surface area contributed by atoms with Gasteiger partial charge in [0.15, 0.2) is 0 Å². The smallest absolute Gasteiger partial charge is 0.247 e. The summed E-state index contributed by atoms with van der Waals surface area (Å²) in [5, 5.41) is 23.3. The molecule has 0 spiro atoms. The maximum atomic E-state index is 13.2. The van der Waals surface area contributed by atoms with Crippen LogP contribution >= 0.6 is 0 Å². The van der Waals surface area contributed by atoms with Gasteiger partial charge in [0.2, 0.25) is 11.8 Å². The van der Waals surface area contributed by atoms with Crippen molar-refractivity contribution in [2.75, 3.05) is 32.9 Å². The number of rotatable bonds is 11. The highest BCUT2D eigenvalue weighted by molar-refractivity contribution is 5.96. The number of ether oxygens (including phenoxy) is 2. The predicted octanol–water partition coefficient (Wildman–Crippen LogP) is 1.61. The first-order chi connectivity index (χ1) is 15.9. The van der Waals surface area contributed by atoms with Crippen molar-refractivity contribution in [3.8, 4) is 5.75 Å². The van der Waals surface area contributed by atoms with Gasteiger partial charge in [0, 0.05) is 43.9 Å². The summed E-state index contributed by atoms with van der Waals surface area (Å²) >= 11 is 0. The molecule has 33 heavy (non-hydrogen) atoms. The second kappa shape index (κ2) is 11.6. The Morgan fingerprint density at radius 2 is 2.03 bits per heavy atom. The lowest BCUT2D eigenvalue weighted by molar-refractivity contribution is -0.138. The van der Waals surface area contributed by atoms with Crippen LogP contribution in [0.2, 0.25) is 0 Å². The van der Waals surface area contributed by atoms with Gasteiger partial charge in [-0.2, -0.15) is 0 Å². The first kappa shape index (κ1) is 25.2. The molecule has 1 aliphatic heterocycles. The summed E-state index contributed by atoms with van der Waals surface area (Å²) in [6, 6.07) is 6.73. The number of benzene rings is 1. The minimum absolute atomic E-state index is 0.0779. The summed E-state index contributed by atoms with van der Waals surface area (Å²) in [7, 11) is 0. The normalized spacial score (nSPS) is 23.4. The molecule has 4 atom stereocenters. The average Bonchev–Trinajstić information content (AvgIpc) is 3.18. The highest BCUT2D eigenvalue weighted by atomic mass is 16.5. The van der Waals surface area contributed by atoms with Crippen molar-refractivity contribution in [1.29, 1.82) is 0 Å². The molecule has 3 rings (SSSR count). The van der Waals surface area contributed by atoms with Gasteiger partial charge in [-0.25, -0.2) is 0 Å². The van der Waals surface area contributed by atoms with Gasteiger partial charge >= 0.3 is 0 Å². The van der Waals surface area contributed by atoms with Crippen LogP contribution in [0.5, 0.6) is 5.75 Å².